The van der Waals surface area contributed by atoms with Gasteiger partial charge in [0.25, 0.3) is 0 Å². The van der Waals surface area contributed by atoms with Crippen molar-refractivity contribution < 1.29 is 4.39 Å². The Morgan fingerprint density at radius 1 is 1.30 bits per heavy atom. The van der Waals surface area contributed by atoms with Gasteiger partial charge in [0.15, 0.2) is 0 Å². The second-order valence-electron chi connectivity index (χ2n) is 4.39. The molecular weight excluding hydrogens is 255 g/mol. The van der Waals surface area contributed by atoms with Gasteiger partial charge in [0.05, 0.1) is 28.9 Å². The Bertz CT molecular complexity index is 829. The van der Waals surface area contributed by atoms with Crippen molar-refractivity contribution in [2.24, 2.45) is 0 Å². The molecule has 4 nitrogen and oxygen atoms in total. The summed E-state index contributed by atoms with van der Waals surface area (Å²) in [5, 5.41) is 8.94. The van der Waals surface area contributed by atoms with Crippen LogP contribution < -0.4 is 0 Å². The smallest absolute Gasteiger partial charge is 0.142 e. The van der Waals surface area contributed by atoms with E-state index in [1.807, 2.05) is 17.6 Å². The first-order valence-electron chi connectivity index (χ1n) is 6.24. The summed E-state index contributed by atoms with van der Waals surface area (Å²) >= 11 is 0. The standard InChI is InChI=1S/C15H11FN4/c1-2-20-14-4-3-10(7-17)5-13(14)19-15(20)11-6-12(16)9-18-8-11/h3-6,8-9H,2H2,1H3. The van der Waals surface area contributed by atoms with Crippen molar-refractivity contribution in [2.45, 2.75) is 13.5 Å². The highest BCUT2D eigenvalue weighted by Crippen LogP contribution is 2.25. The first-order chi connectivity index (χ1) is 9.72. The number of aryl methyl sites for hydroxylation is 1. The zero-order valence-corrected chi connectivity index (χ0v) is 10.8. The van der Waals surface area contributed by atoms with Crippen LogP contribution in [-0.4, -0.2) is 14.5 Å². The van der Waals surface area contributed by atoms with E-state index < -0.39 is 5.82 Å². The summed E-state index contributed by atoms with van der Waals surface area (Å²) in [6.45, 7) is 2.70. The molecular formula is C15H11FN4. The molecule has 1 aromatic carbocycles. The van der Waals surface area contributed by atoms with Crippen molar-refractivity contribution in [1.29, 1.82) is 5.26 Å². The lowest BCUT2D eigenvalue weighted by atomic mass is 10.2. The van der Waals surface area contributed by atoms with Crippen LogP contribution in [0.5, 0.6) is 0 Å². The van der Waals surface area contributed by atoms with Crippen molar-refractivity contribution in [1.82, 2.24) is 14.5 Å². The van der Waals surface area contributed by atoms with Gasteiger partial charge in [0, 0.05) is 18.3 Å². The molecule has 0 unspecified atom stereocenters. The highest BCUT2D eigenvalue weighted by Gasteiger charge is 2.12. The summed E-state index contributed by atoms with van der Waals surface area (Å²) in [5.41, 5.74) is 2.83. The van der Waals surface area contributed by atoms with E-state index in [4.69, 9.17) is 5.26 Å². The Balaban J connectivity index is 2.28. The van der Waals surface area contributed by atoms with E-state index in [2.05, 4.69) is 16.0 Å². The van der Waals surface area contributed by atoms with E-state index in [9.17, 15) is 4.39 Å². The average molecular weight is 266 g/mol. The monoisotopic (exact) mass is 266 g/mol. The molecule has 0 fully saturated rings. The van der Waals surface area contributed by atoms with E-state index in [0.29, 0.717) is 23.5 Å². The summed E-state index contributed by atoms with van der Waals surface area (Å²) in [7, 11) is 0. The van der Waals surface area contributed by atoms with Gasteiger partial charge in [-0.25, -0.2) is 9.37 Å². The zero-order chi connectivity index (χ0) is 14.1. The maximum atomic E-state index is 13.3. The number of benzene rings is 1. The van der Waals surface area contributed by atoms with Crippen LogP contribution in [-0.2, 0) is 6.54 Å². The number of fused-ring (bicyclic) bond motifs is 1. The molecule has 0 amide bonds. The van der Waals surface area contributed by atoms with E-state index in [1.165, 1.54) is 6.07 Å². The minimum absolute atomic E-state index is 0.394. The number of halogens is 1. The number of hydrogen-bond donors (Lipinski definition) is 0. The number of hydrogen-bond acceptors (Lipinski definition) is 3. The molecule has 0 radical (unpaired) electrons. The molecule has 5 heteroatoms. The second-order valence-corrected chi connectivity index (χ2v) is 4.39. The zero-order valence-electron chi connectivity index (χ0n) is 10.8. The number of aromatic nitrogens is 3. The maximum Gasteiger partial charge on any atom is 0.142 e. The van der Waals surface area contributed by atoms with Crippen LogP contribution in [0.2, 0.25) is 0 Å². The third-order valence-corrected chi connectivity index (χ3v) is 3.16. The third-order valence-electron chi connectivity index (χ3n) is 3.16. The van der Waals surface area contributed by atoms with Gasteiger partial charge in [0.2, 0.25) is 0 Å². The van der Waals surface area contributed by atoms with E-state index >= 15 is 0 Å². The molecule has 98 valence electrons. The highest BCUT2D eigenvalue weighted by molar-refractivity contribution is 5.81. The second kappa shape index (κ2) is 4.74. The number of nitrogens with zero attached hydrogens (tertiary/aromatic N) is 4. The fourth-order valence-electron chi connectivity index (χ4n) is 2.27. The first-order valence-corrected chi connectivity index (χ1v) is 6.24. The number of pyridine rings is 1. The molecule has 0 aliphatic heterocycles. The molecule has 0 aliphatic carbocycles. The number of nitriles is 1. The van der Waals surface area contributed by atoms with Gasteiger partial charge in [-0.3, -0.25) is 4.98 Å². The van der Waals surface area contributed by atoms with E-state index in [1.54, 1.807) is 18.3 Å². The molecule has 0 N–H and O–H groups in total. The van der Waals surface area contributed by atoms with Gasteiger partial charge in [-0.1, -0.05) is 0 Å². The fraction of sp³-hybridized carbons (Fsp3) is 0.133. The van der Waals surface area contributed by atoms with Crippen molar-refractivity contribution in [3.8, 4) is 17.5 Å². The van der Waals surface area contributed by atoms with Crippen molar-refractivity contribution >= 4 is 11.0 Å². The molecule has 0 spiro atoms. The molecule has 0 saturated carbocycles. The van der Waals surface area contributed by atoms with E-state index in [0.717, 1.165) is 17.2 Å². The molecule has 0 aliphatic rings. The molecule has 0 atom stereocenters. The van der Waals surface area contributed by atoms with Gasteiger partial charge in [-0.2, -0.15) is 5.26 Å². The van der Waals surface area contributed by atoms with Crippen molar-refractivity contribution in [3.05, 3.63) is 48.0 Å². The fourth-order valence-corrected chi connectivity index (χ4v) is 2.27. The molecule has 3 aromatic rings. The van der Waals surface area contributed by atoms with Crippen LogP contribution in [0.25, 0.3) is 22.4 Å². The minimum Gasteiger partial charge on any atom is -0.324 e. The predicted octanol–water partition coefficient (Wildman–Crippen LogP) is 3.13. The minimum atomic E-state index is -0.394. The molecule has 2 aromatic heterocycles. The van der Waals surface area contributed by atoms with Crippen LogP contribution in [0.3, 0.4) is 0 Å². The largest absolute Gasteiger partial charge is 0.324 e. The molecule has 2 heterocycles. The quantitative estimate of drug-likeness (QED) is 0.716. The lowest BCUT2D eigenvalue weighted by molar-refractivity contribution is 0.621. The van der Waals surface area contributed by atoms with Gasteiger partial charge in [-0.15, -0.1) is 0 Å². The molecule has 3 rings (SSSR count). The normalized spacial score (nSPS) is 10.7. The summed E-state index contributed by atoms with van der Waals surface area (Å²) in [6, 6.07) is 8.85. The molecule has 0 bridgehead atoms. The Kier molecular flexibility index (Phi) is 2.92. The Morgan fingerprint density at radius 3 is 2.85 bits per heavy atom. The van der Waals surface area contributed by atoms with Gasteiger partial charge >= 0.3 is 0 Å². The van der Waals surface area contributed by atoms with Crippen LogP contribution in [0.15, 0.2) is 36.7 Å². The average Bonchev–Trinajstić information content (AvgIpc) is 2.84. The molecule has 20 heavy (non-hydrogen) atoms. The summed E-state index contributed by atoms with van der Waals surface area (Å²) in [6.07, 6.45) is 2.75. The van der Waals surface area contributed by atoms with Gasteiger partial charge in [-0.05, 0) is 31.2 Å². The van der Waals surface area contributed by atoms with E-state index in [-0.39, 0.29) is 0 Å². The van der Waals surface area contributed by atoms with Crippen molar-refractivity contribution in [3.63, 3.8) is 0 Å². The van der Waals surface area contributed by atoms with Crippen LogP contribution >= 0.6 is 0 Å². The first kappa shape index (κ1) is 12.3. The number of imidazole rings is 1. The summed E-state index contributed by atoms with van der Waals surface area (Å²) in [4.78, 5) is 8.37. The highest BCUT2D eigenvalue weighted by atomic mass is 19.1. The summed E-state index contributed by atoms with van der Waals surface area (Å²) < 4.78 is 15.3. The third kappa shape index (κ3) is 1.91. The van der Waals surface area contributed by atoms with Crippen LogP contribution in [0.1, 0.15) is 12.5 Å². The molecule has 0 saturated heterocycles. The lowest BCUT2D eigenvalue weighted by Crippen LogP contribution is -1.98. The predicted molar refractivity (Wildman–Crippen MR) is 73.3 cm³/mol. The topological polar surface area (TPSA) is 54.5 Å². The van der Waals surface area contributed by atoms with Crippen molar-refractivity contribution in [2.75, 3.05) is 0 Å². The Hall–Kier alpha value is -2.74. The van der Waals surface area contributed by atoms with Gasteiger partial charge < -0.3 is 4.57 Å². The van der Waals surface area contributed by atoms with Gasteiger partial charge in [0.1, 0.15) is 11.6 Å². The summed E-state index contributed by atoms with van der Waals surface area (Å²) in [5.74, 6) is 0.263. The number of rotatable bonds is 2. The van der Waals surface area contributed by atoms with Crippen LogP contribution in [0.4, 0.5) is 4.39 Å². The van der Waals surface area contributed by atoms with Crippen LogP contribution in [0, 0.1) is 17.1 Å². The Morgan fingerprint density at radius 2 is 2.15 bits per heavy atom. The Labute approximate surface area is 115 Å². The lowest BCUT2D eigenvalue weighted by Gasteiger charge is -2.05. The SMILES string of the molecule is CCn1c(-c2cncc(F)c2)nc2cc(C#N)ccc21. The maximum absolute atomic E-state index is 13.3.